The van der Waals surface area contributed by atoms with Crippen LogP contribution in [-0.4, -0.2) is 19.2 Å². The smallest absolute Gasteiger partial charge is 0.212 e. The SMILES string of the molecule is CS(=O)(=O)[O-].Cc1ccc2ccccc2[n+]1C. The Hall–Kier alpha value is -1.46. The molecular formula is C12H15NO3S. The summed E-state index contributed by atoms with van der Waals surface area (Å²) in [6.07, 6.45) is 0.604. The summed E-state index contributed by atoms with van der Waals surface area (Å²) in [6.45, 7) is 2.12. The quantitative estimate of drug-likeness (QED) is 0.522. The van der Waals surface area contributed by atoms with Crippen LogP contribution in [0.2, 0.25) is 0 Å². The summed E-state index contributed by atoms with van der Waals surface area (Å²) >= 11 is 0. The predicted molar refractivity (Wildman–Crippen MR) is 65.5 cm³/mol. The van der Waals surface area contributed by atoms with E-state index in [0.717, 1.165) is 0 Å². The van der Waals surface area contributed by atoms with Gasteiger partial charge in [0.25, 0.3) is 0 Å². The van der Waals surface area contributed by atoms with Gasteiger partial charge in [-0.15, -0.1) is 0 Å². The Balaban J connectivity index is 0.000000249. The third-order valence-corrected chi connectivity index (χ3v) is 2.33. The average Bonchev–Trinajstić information content (AvgIpc) is 2.22. The van der Waals surface area contributed by atoms with Gasteiger partial charge in [-0.3, -0.25) is 0 Å². The van der Waals surface area contributed by atoms with Gasteiger partial charge in [0, 0.05) is 30.7 Å². The van der Waals surface area contributed by atoms with Gasteiger partial charge < -0.3 is 4.55 Å². The zero-order chi connectivity index (χ0) is 13.1. The van der Waals surface area contributed by atoms with Crippen molar-refractivity contribution in [3.8, 4) is 0 Å². The minimum absolute atomic E-state index is 0.604. The van der Waals surface area contributed by atoms with Crippen molar-refractivity contribution in [1.29, 1.82) is 0 Å². The molecule has 0 radical (unpaired) electrons. The van der Waals surface area contributed by atoms with Gasteiger partial charge >= 0.3 is 0 Å². The molecule has 1 aromatic heterocycles. The van der Waals surface area contributed by atoms with Crippen molar-refractivity contribution in [2.45, 2.75) is 6.92 Å². The number of hydrogen-bond acceptors (Lipinski definition) is 3. The first-order valence-electron chi connectivity index (χ1n) is 5.04. The summed E-state index contributed by atoms with van der Waals surface area (Å²) < 4.78 is 29.4. The summed E-state index contributed by atoms with van der Waals surface area (Å²) in [5, 5.41) is 1.30. The highest BCUT2D eigenvalue weighted by Gasteiger charge is 2.05. The summed E-state index contributed by atoms with van der Waals surface area (Å²) in [4.78, 5) is 0. The fourth-order valence-electron chi connectivity index (χ4n) is 1.45. The highest BCUT2D eigenvalue weighted by atomic mass is 32.2. The lowest BCUT2D eigenvalue weighted by atomic mass is 10.2. The molecule has 4 nitrogen and oxygen atoms in total. The average molecular weight is 253 g/mol. The Kier molecular flexibility index (Phi) is 4.20. The maximum Gasteiger partial charge on any atom is 0.212 e. The molecule has 2 aromatic rings. The number of nitrogens with zero attached hydrogens (tertiary/aromatic N) is 1. The summed E-state index contributed by atoms with van der Waals surface area (Å²) in [6, 6.07) is 12.7. The van der Waals surface area contributed by atoms with Crippen LogP contribution in [0.25, 0.3) is 10.9 Å². The summed E-state index contributed by atoms with van der Waals surface area (Å²) in [5.41, 5.74) is 2.58. The zero-order valence-electron chi connectivity index (χ0n) is 10.0. The van der Waals surface area contributed by atoms with Crippen molar-refractivity contribution in [2.24, 2.45) is 7.05 Å². The third-order valence-electron chi connectivity index (χ3n) is 2.33. The Bertz CT molecular complexity index is 613. The van der Waals surface area contributed by atoms with Crippen LogP contribution in [0, 0.1) is 6.92 Å². The van der Waals surface area contributed by atoms with Crippen LogP contribution in [-0.2, 0) is 17.2 Å². The van der Waals surface area contributed by atoms with E-state index in [2.05, 4.69) is 54.9 Å². The fourth-order valence-corrected chi connectivity index (χ4v) is 1.45. The van der Waals surface area contributed by atoms with E-state index in [-0.39, 0.29) is 0 Å². The second-order valence-corrected chi connectivity index (χ2v) is 5.20. The molecule has 0 aliphatic heterocycles. The topological polar surface area (TPSA) is 61.1 Å². The second-order valence-electron chi connectivity index (χ2n) is 3.80. The lowest BCUT2D eigenvalue weighted by Gasteiger charge is -1.97. The van der Waals surface area contributed by atoms with Crippen molar-refractivity contribution >= 4 is 21.0 Å². The highest BCUT2D eigenvalue weighted by Crippen LogP contribution is 2.08. The van der Waals surface area contributed by atoms with Gasteiger partial charge in [0.1, 0.15) is 7.05 Å². The first-order chi connectivity index (χ1) is 7.79. The molecule has 1 aromatic carbocycles. The van der Waals surface area contributed by atoms with Crippen molar-refractivity contribution in [3.63, 3.8) is 0 Å². The molecule has 1 heterocycles. The van der Waals surface area contributed by atoms with E-state index in [9.17, 15) is 0 Å². The number of fused-ring (bicyclic) bond motifs is 1. The van der Waals surface area contributed by atoms with Crippen molar-refractivity contribution in [3.05, 3.63) is 42.1 Å². The molecule has 0 aliphatic rings. The summed E-state index contributed by atoms with van der Waals surface area (Å²) in [5.74, 6) is 0. The molecule has 0 saturated carbocycles. The maximum atomic E-state index is 9.08. The minimum Gasteiger partial charge on any atom is -0.748 e. The summed E-state index contributed by atoms with van der Waals surface area (Å²) in [7, 11) is -1.82. The van der Waals surface area contributed by atoms with Gasteiger partial charge in [-0.05, 0) is 12.1 Å². The third kappa shape index (κ3) is 4.50. The molecule has 5 heteroatoms. The monoisotopic (exact) mass is 253 g/mol. The molecular weight excluding hydrogens is 238 g/mol. The van der Waals surface area contributed by atoms with Crippen molar-refractivity contribution in [2.75, 3.05) is 6.26 Å². The molecule has 0 N–H and O–H groups in total. The number of aromatic nitrogens is 1. The van der Waals surface area contributed by atoms with Gasteiger partial charge in [-0.2, -0.15) is 4.57 Å². The van der Waals surface area contributed by atoms with Crippen molar-refractivity contribution < 1.29 is 17.5 Å². The number of rotatable bonds is 0. The second kappa shape index (κ2) is 5.25. The molecule has 0 amide bonds. The van der Waals surface area contributed by atoms with E-state index in [1.165, 1.54) is 16.6 Å². The van der Waals surface area contributed by atoms with Gasteiger partial charge in [0.05, 0.1) is 10.1 Å². The standard InChI is InChI=1S/C11H12N.CH4O3S/c1-9-7-8-10-5-3-4-6-11(10)12(9)2;1-5(2,3)4/h3-8H,1-2H3;1H3,(H,2,3,4)/q+1;/p-1. The Labute approximate surface area is 101 Å². The molecule has 0 bridgehead atoms. The predicted octanol–water partition coefficient (Wildman–Crippen LogP) is 1.13. The van der Waals surface area contributed by atoms with Crippen LogP contribution in [0.4, 0.5) is 0 Å². The normalized spacial score (nSPS) is 10.8. The van der Waals surface area contributed by atoms with Gasteiger partial charge in [-0.1, -0.05) is 12.1 Å². The van der Waals surface area contributed by atoms with Crippen molar-refractivity contribution in [1.82, 2.24) is 0 Å². The molecule has 0 saturated heterocycles. The van der Waals surface area contributed by atoms with Gasteiger partial charge in [0.2, 0.25) is 5.52 Å². The van der Waals surface area contributed by atoms with E-state index < -0.39 is 10.1 Å². The maximum absolute atomic E-state index is 9.08. The molecule has 2 rings (SSSR count). The van der Waals surface area contributed by atoms with E-state index in [0.29, 0.717) is 6.26 Å². The molecule has 0 aliphatic carbocycles. The van der Waals surface area contributed by atoms with E-state index in [1.54, 1.807) is 0 Å². The van der Waals surface area contributed by atoms with E-state index in [4.69, 9.17) is 13.0 Å². The Morgan fingerprint density at radius 3 is 2.24 bits per heavy atom. The zero-order valence-corrected chi connectivity index (χ0v) is 10.9. The van der Waals surface area contributed by atoms with Gasteiger partial charge in [0.15, 0.2) is 5.69 Å². The molecule has 0 atom stereocenters. The highest BCUT2D eigenvalue weighted by molar-refractivity contribution is 7.84. The van der Waals surface area contributed by atoms with Crippen LogP contribution < -0.4 is 4.57 Å². The first-order valence-corrected chi connectivity index (χ1v) is 6.86. The van der Waals surface area contributed by atoms with Crippen LogP contribution in [0.3, 0.4) is 0 Å². The first kappa shape index (κ1) is 13.6. The molecule has 0 spiro atoms. The number of benzene rings is 1. The van der Waals surface area contributed by atoms with E-state index in [1.807, 2.05) is 0 Å². The number of hydrogen-bond donors (Lipinski definition) is 0. The molecule has 0 fully saturated rings. The molecule has 0 unspecified atom stereocenters. The largest absolute Gasteiger partial charge is 0.748 e. The Morgan fingerprint density at radius 2 is 1.65 bits per heavy atom. The number of para-hydroxylation sites is 1. The lowest BCUT2D eigenvalue weighted by molar-refractivity contribution is -0.651. The van der Waals surface area contributed by atoms with E-state index >= 15 is 0 Å². The van der Waals surface area contributed by atoms with Crippen LogP contribution in [0.5, 0.6) is 0 Å². The van der Waals surface area contributed by atoms with Crippen LogP contribution in [0.15, 0.2) is 36.4 Å². The molecule has 92 valence electrons. The molecule has 17 heavy (non-hydrogen) atoms. The van der Waals surface area contributed by atoms with Crippen LogP contribution >= 0.6 is 0 Å². The lowest BCUT2D eigenvalue weighted by Crippen LogP contribution is -2.32. The van der Waals surface area contributed by atoms with Crippen LogP contribution in [0.1, 0.15) is 5.69 Å². The van der Waals surface area contributed by atoms with Gasteiger partial charge in [-0.25, -0.2) is 8.42 Å². The minimum atomic E-state index is -3.92. The fraction of sp³-hybridized carbons (Fsp3) is 0.250. The number of aryl methyl sites for hydroxylation is 2. The Morgan fingerprint density at radius 1 is 1.12 bits per heavy atom. The number of pyridine rings is 1.